The Bertz CT molecular complexity index is 845. The first kappa shape index (κ1) is 18.7. The van der Waals surface area contributed by atoms with E-state index in [4.69, 9.17) is 4.74 Å². The molecule has 142 valence electrons. The lowest BCUT2D eigenvalue weighted by atomic mass is 10.1. The third-order valence-electron chi connectivity index (χ3n) is 4.73. The predicted molar refractivity (Wildman–Crippen MR) is 104 cm³/mol. The lowest BCUT2D eigenvalue weighted by molar-refractivity contribution is -0.385. The maximum atomic E-state index is 12.8. The molecule has 0 aromatic heterocycles. The Kier molecular flexibility index (Phi) is 5.59. The number of aryl methyl sites for hydroxylation is 1. The Hall–Kier alpha value is -3.09. The van der Waals surface area contributed by atoms with Crippen molar-refractivity contribution in [2.24, 2.45) is 0 Å². The lowest BCUT2D eigenvalue weighted by Crippen LogP contribution is -2.48. The summed E-state index contributed by atoms with van der Waals surface area (Å²) in [6.45, 7) is 6.70. The molecule has 2 aromatic carbocycles. The van der Waals surface area contributed by atoms with Gasteiger partial charge in [0.15, 0.2) is 0 Å². The monoisotopic (exact) mass is 369 g/mol. The number of piperazine rings is 1. The fourth-order valence-electron chi connectivity index (χ4n) is 3.27. The average molecular weight is 369 g/mol. The summed E-state index contributed by atoms with van der Waals surface area (Å²) in [5, 5.41) is 11.1. The normalized spacial score (nSPS) is 14.1. The van der Waals surface area contributed by atoms with Crippen LogP contribution in [0.3, 0.4) is 0 Å². The largest absolute Gasteiger partial charge is 0.492 e. The number of para-hydroxylation sites is 2. The maximum absolute atomic E-state index is 12.8. The topological polar surface area (TPSA) is 75.9 Å². The molecule has 27 heavy (non-hydrogen) atoms. The first-order valence-corrected chi connectivity index (χ1v) is 9.02. The van der Waals surface area contributed by atoms with Gasteiger partial charge in [-0.25, -0.2) is 0 Å². The molecule has 0 radical (unpaired) electrons. The molecule has 1 aliphatic rings. The molecule has 0 bridgehead atoms. The molecule has 1 fully saturated rings. The fraction of sp³-hybridized carbons (Fsp3) is 0.350. The van der Waals surface area contributed by atoms with E-state index < -0.39 is 4.92 Å². The third-order valence-corrected chi connectivity index (χ3v) is 4.73. The molecule has 7 heteroatoms. The van der Waals surface area contributed by atoms with Gasteiger partial charge in [0.05, 0.1) is 17.2 Å². The molecule has 0 saturated carbocycles. The van der Waals surface area contributed by atoms with E-state index in [9.17, 15) is 14.9 Å². The number of carbonyl (C=O) groups is 1. The highest BCUT2D eigenvalue weighted by atomic mass is 16.6. The second-order valence-electron chi connectivity index (χ2n) is 6.44. The summed E-state index contributed by atoms with van der Waals surface area (Å²) in [5.74, 6) is 0.671. The van der Waals surface area contributed by atoms with Gasteiger partial charge in [-0.3, -0.25) is 14.9 Å². The Morgan fingerprint density at radius 2 is 1.85 bits per heavy atom. The van der Waals surface area contributed by atoms with Gasteiger partial charge >= 0.3 is 0 Å². The van der Waals surface area contributed by atoms with E-state index in [1.54, 1.807) is 24.0 Å². The van der Waals surface area contributed by atoms with E-state index in [1.807, 2.05) is 31.2 Å². The first-order valence-electron chi connectivity index (χ1n) is 9.02. The highest BCUT2D eigenvalue weighted by Crippen LogP contribution is 2.29. The van der Waals surface area contributed by atoms with Crippen LogP contribution in [0.4, 0.5) is 11.4 Å². The molecule has 3 rings (SSSR count). The molecular weight excluding hydrogens is 346 g/mol. The Morgan fingerprint density at radius 3 is 2.52 bits per heavy atom. The van der Waals surface area contributed by atoms with Gasteiger partial charge < -0.3 is 14.5 Å². The summed E-state index contributed by atoms with van der Waals surface area (Å²) < 4.78 is 5.69. The molecule has 7 nitrogen and oxygen atoms in total. The number of amides is 1. The minimum atomic E-state index is -0.450. The van der Waals surface area contributed by atoms with Crippen LogP contribution in [-0.2, 0) is 0 Å². The van der Waals surface area contributed by atoms with Crippen molar-refractivity contribution in [1.82, 2.24) is 4.90 Å². The van der Waals surface area contributed by atoms with E-state index in [2.05, 4.69) is 4.90 Å². The van der Waals surface area contributed by atoms with E-state index in [-0.39, 0.29) is 11.6 Å². The van der Waals surface area contributed by atoms with E-state index in [0.29, 0.717) is 43.9 Å². The number of nitrogens with zero attached hydrogens (tertiary/aromatic N) is 3. The van der Waals surface area contributed by atoms with Crippen LogP contribution in [0, 0.1) is 17.0 Å². The van der Waals surface area contributed by atoms with Crippen molar-refractivity contribution < 1.29 is 14.5 Å². The number of rotatable bonds is 5. The summed E-state index contributed by atoms with van der Waals surface area (Å²) in [4.78, 5) is 27.4. The Labute approximate surface area is 158 Å². The zero-order chi connectivity index (χ0) is 19.4. The number of nitro groups is 1. The minimum absolute atomic E-state index is 0.0230. The average Bonchev–Trinajstić information content (AvgIpc) is 2.68. The highest BCUT2D eigenvalue weighted by Gasteiger charge is 2.25. The molecule has 1 amide bonds. The number of hydrogen-bond donors (Lipinski definition) is 0. The molecule has 2 aromatic rings. The SMILES string of the molecule is CCOc1ccccc1N1CCN(C(=O)c2ccc(C)c([N+](=O)[O-])c2)CC1. The van der Waals surface area contributed by atoms with Gasteiger partial charge in [0, 0.05) is 43.4 Å². The Balaban J connectivity index is 1.70. The highest BCUT2D eigenvalue weighted by molar-refractivity contribution is 5.95. The van der Waals surface area contributed by atoms with Gasteiger partial charge in [0.25, 0.3) is 11.6 Å². The summed E-state index contributed by atoms with van der Waals surface area (Å²) in [7, 11) is 0. The maximum Gasteiger partial charge on any atom is 0.273 e. The van der Waals surface area contributed by atoms with Gasteiger partial charge in [-0.2, -0.15) is 0 Å². The van der Waals surface area contributed by atoms with Crippen molar-refractivity contribution in [3.05, 3.63) is 63.7 Å². The summed E-state index contributed by atoms with van der Waals surface area (Å²) in [6, 6.07) is 12.5. The summed E-state index contributed by atoms with van der Waals surface area (Å²) in [5.41, 5.74) is 1.91. The lowest BCUT2D eigenvalue weighted by Gasteiger charge is -2.36. The van der Waals surface area contributed by atoms with Crippen LogP contribution in [0.1, 0.15) is 22.8 Å². The van der Waals surface area contributed by atoms with Crippen molar-refractivity contribution >= 4 is 17.3 Å². The van der Waals surface area contributed by atoms with Gasteiger partial charge in [0.2, 0.25) is 0 Å². The minimum Gasteiger partial charge on any atom is -0.492 e. The van der Waals surface area contributed by atoms with Crippen molar-refractivity contribution in [1.29, 1.82) is 0 Å². The molecule has 1 heterocycles. The molecule has 0 atom stereocenters. The number of anilines is 1. The zero-order valence-corrected chi connectivity index (χ0v) is 15.6. The molecule has 0 N–H and O–H groups in total. The summed E-state index contributed by atoms with van der Waals surface area (Å²) >= 11 is 0. The second-order valence-corrected chi connectivity index (χ2v) is 6.44. The second kappa shape index (κ2) is 8.07. The van der Waals surface area contributed by atoms with E-state index in [0.717, 1.165) is 11.4 Å². The first-order chi connectivity index (χ1) is 13.0. The molecule has 0 unspecified atom stereocenters. The van der Waals surface area contributed by atoms with Crippen LogP contribution in [-0.4, -0.2) is 48.5 Å². The quantitative estimate of drug-likeness (QED) is 0.597. The van der Waals surface area contributed by atoms with Crippen molar-refractivity contribution in [2.75, 3.05) is 37.7 Å². The number of ether oxygens (including phenoxy) is 1. The fourth-order valence-corrected chi connectivity index (χ4v) is 3.27. The third kappa shape index (κ3) is 4.02. The van der Waals surface area contributed by atoms with Crippen LogP contribution in [0.25, 0.3) is 0 Å². The standard InChI is InChI=1S/C20H23N3O4/c1-3-27-19-7-5-4-6-17(19)21-10-12-22(13-11-21)20(24)16-9-8-15(2)18(14-16)23(25)26/h4-9,14H,3,10-13H2,1-2H3. The zero-order valence-electron chi connectivity index (χ0n) is 15.6. The number of benzene rings is 2. The number of carbonyl (C=O) groups excluding carboxylic acids is 1. The van der Waals surface area contributed by atoms with Crippen LogP contribution in [0.2, 0.25) is 0 Å². The molecule has 0 aliphatic carbocycles. The number of nitro benzene ring substituents is 1. The molecule has 0 spiro atoms. The summed E-state index contributed by atoms with van der Waals surface area (Å²) in [6.07, 6.45) is 0. The van der Waals surface area contributed by atoms with Crippen LogP contribution in [0.5, 0.6) is 5.75 Å². The predicted octanol–water partition coefficient (Wildman–Crippen LogP) is 3.26. The van der Waals surface area contributed by atoms with Crippen molar-refractivity contribution in [3.63, 3.8) is 0 Å². The van der Waals surface area contributed by atoms with E-state index >= 15 is 0 Å². The van der Waals surface area contributed by atoms with Crippen molar-refractivity contribution in [3.8, 4) is 5.75 Å². The molecular formula is C20H23N3O4. The van der Waals surface area contributed by atoms with Crippen LogP contribution >= 0.6 is 0 Å². The smallest absolute Gasteiger partial charge is 0.273 e. The van der Waals surface area contributed by atoms with Gasteiger partial charge in [-0.05, 0) is 32.0 Å². The van der Waals surface area contributed by atoms with Crippen LogP contribution in [0.15, 0.2) is 42.5 Å². The van der Waals surface area contributed by atoms with Gasteiger partial charge in [-0.15, -0.1) is 0 Å². The van der Waals surface area contributed by atoms with E-state index in [1.165, 1.54) is 6.07 Å². The molecule has 1 saturated heterocycles. The Morgan fingerprint density at radius 1 is 1.15 bits per heavy atom. The van der Waals surface area contributed by atoms with Crippen LogP contribution < -0.4 is 9.64 Å². The molecule has 1 aliphatic heterocycles. The number of hydrogen-bond acceptors (Lipinski definition) is 5. The van der Waals surface area contributed by atoms with Gasteiger partial charge in [0.1, 0.15) is 5.75 Å². The van der Waals surface area contributed by atoms with Gasteiger partial charge in [-0.1, -0.05) is 18.2 Å². The van der Waals surface area contributed by atoms with Crippen molar-refractivity contribution in [2.45, 2.75) is 13.8 Å².